The van der Waals surface area contributed by atoms with E-state index in [0.717, 1.165) is 55.9 Å². The van der Waals surface area contributed by atoms with Crippen LogP contribution in [0.2, 0.25) is 0 Å². The molecule has 9 heteroatoms. The molecule has 0 saturated carbocycles. The van der Waals surface area contributed by atoms with Crippen LogP contribution in [0.15, 0.2) is 35.5 Å². The Kier molecular flexibility index (Phi) is 4.98. The minimum Gasteiger partial charge on any atom is -0.369 e. The van der Waals surface area contributed by atoms with Crippen molar-refractivity contribution in [3.8, 4) is 0 Å². The van der Waals surface area contributed by atoms with Crippen molar-refractivity contribution in [2.24, 2.45) is 0 Å². The highest BCUT2D eigenvalue weighted by atomic mass is 19.3. The van der Waals surface area contributed by atoms with Crippen LogP contribution in [0.1, 0.15) is 17.7 Å². The molecule has 5 rings (SSSR count). The van der Waals surface area contributed by atoms with Crippen LogP contribution in [0.25, 0.3) is 10.9 Å². The van der Waals surface area contributed by atoms with E-state index in [1.165, 1.54) is 24.0 Å². The van der Waals surface area contributed by atoms with E-state index in [9.17, 15) is 13.6 Å². The highest BCUT2D eigenvalue weighted by Crippen LogP contribution is 2.23. The van der Waals surface area contributed by atoms with Crippen LogP contribution in [0.5, 0.6) is 0 Å². The lowest BCUT2D eigenvalue weighted by molar-refractivity contribution is 0.125. The topological polar surface area (TPSA) is 59.2 Å². The van der Waals surface area contributed by atoms with E-state index in [1.54, 1.807) is 6.07 Å². The number of rotatable bonds is 5. The molecule has 2 aliphatic rings. The summed E-state index contributed by atoms with van der Waals surface area (Å²) in [7, 11) is 0. The van der Waals surface area contributed by atoms with Crippen LogP contribution in [0.4, 0.5) is 14.5 Å². The van der Waals surface area contributed by atoms with E-state index >= 15 is 0 Å². The average Bonchev–Trinajstić information content (AvgIpc) is 3.35. The summed E-state index contributed by atoms with van der Waals surface area (Å²) in [5, 5.41) is 4.86. The average molecular weight is 414 g/mol. The van der Waals surface area contributed by atoms with Gasteiger partial charge in [0.05, 0.1) is 30.0 Å². The van der Waals surface area contributed by atoms with Gasteiger partial charge in [-0.3, -0.25) is 18.9 Å². The maximum atomic E-state index is 12.6. The van der Waals surface area contributed by atoms with Gasteiger partial charge in [0.25, 0.3) is 12.0 Å². The summed E-state index contributed by atoms with van der Waals surface area (Å²) in [6, 6.07) is 5.46. The zero-order valence-electron chi connectivity index (χ0n) is 16.7. The van der Waals surface area contributed by atoms with Crippen LogP contribution in [-0.2, 0) is 26.1 Å². The Balaban J connectivity index is 1.27. The Morgan fingerprint density at radius 1 is 1.10 bits per heavy atom. The molecular weight excluding hydrogens is 390 g/mol. The number of alkyl halides is 2. The molecular formula is C21H24F2N6O. The first-order valence-electron chi connectivity index (χ1n) is 10.4. The lowest BCUT2D eigenvalue weighted by atomic mass is 10.1. The predicted molar refractivity (Wildman–Crippen MR) is 110 cm³/mol. The molecule has 0 bridgehead atoms. The fraction of sp³-hybridized carbons (Fsp3) is 0.476. The quantitative estimate of drug-likeness (QED) is 0.640. The third-order valence-corrected chi connectivity index (χ3v) is 6.09. The molecule has 0 N–H and O–H groups in total. The van der Waals surface area contributed by atoms with Gasteiger partial charge in [-0.25, -0.2) is 13.8 Å². The molecule has 30 heavy (non-hydrogen) atoms. The van der Waals surface area contributed by atoms with Gasteiger partial charge in [-0.15, -0.1) is 0 Å². The first kappa shape index (κ1) is 19.2. The summed E-state index contributed by atoms with van der Waals surface area (Å²) in [4.78, 5) is 21.4. The van der Waals surface area contributed by atoms with E-state index in [2.05, 4.69) is 24.6 Å². The normalized spacial score (nSPS) is 17.2. The minimum absolute atomic E-state index is 0.371. The van der Waals surface area contributed by atoms with E-state index in [-0.39, 0.29) is 0 Å². The predicted octanol–water partition coefficient (Wildman–Crippen LogP) is 2.13. The van der Waals surface area contributed by atoms with Crippen molar-refractivity contribution in [2.45, 2.75) is 38.9 Å². The molecule has 1 fully saturated rings. The molecule has 1 saturated heterocycles. The molecule has 0 aliphatic carbocycles. The molecule has 7 nitrogen and oxygen atoms in total. The molecule has 0 atom stereocenters. The van der Waals surface area contributed by atoms with Crippen molar-refractivity contribution in [3.63, 3.8) is 0 Å². The second kappa shape index (κ2) is 7.79. The summed E-state index contributed by atoms with van der Waals surface area (Å²) in [5.41, 5.74) is 3.85. The number of aryl methyl sites for hydroxylation is 1. The zero-order valence-corrected chi connectivity index (χ0v) is 16.7. The van der Waals surface area contributed by atoms with Crippen molar-refractivity contribution >= 4 is 16.6 Å². The second-order valence-electron chi connectivity index (χ2n) is 8.00. The Morgan fingerprint density at radius 3 is 2.73 bits per heavy atom. The lowest BCUT2D eigenvalue weighted by Gasteiger charge is -2.36. The van der Waals surface area contributed by atoms with Gasteiger partial charge in [0.1, 0.15) is 0 Å². The summed E-state index contributed by atoms with van der Waals surface area (Å²) in [6.07, 6.45) is 2.95. The Labute approximate surface area is 172 Å². The third-order valence-electron chi connectivity index (χ3n) is 6.09. The first-order valence-corrected chi connectivity index (χ1v) is 10.4. The van der Waals surface area contributed by atoms with Crippen molar-refractivity contribution in [1.82, 2.24) is 24.2 Å². The highest BCUT2D eigenvalue weighted by molar-refractivity contribution is 5.81. The van der Waals surface area contributed by atoms with Crippen LogP contribution >= 0.6 is 0 Å². The number of fused-ring (bicyclic) bond motifs is 2. The first-order chi connectivity index (χ1) is 14.6. The lowest BCUT2D eigenvalue weighted by Crippen LogP contribution is -2.46. The number of benzene rings is 1. The molecule has 158 valence electrons. The number of nitrogens with zero attached hydrogens (tertiary/aromatic N) is 6. The van der Waals surface area contributed by atoms with Crippen molar-refractivity contribution < 1.29 is 8.78 Å². The van der Waals surface area contributed by atoms with E-state index in [1.807, 2.05) is 18.3 Å². The van der Waals surface area contributed by atoms with Crippen molar-refractivity contribution in [3.05, 3.63) is 52.3 Å². The SMILES string of the molecule is O=c1c2ccc(N3CCN(Cc4cnn5c4CCC5)CC3)cc2ncn1CC(F)F. The Morgan fingerprint density at radius 2 is 1.93 bits per heavy atom. The van der Waals surface area contributed by atoms with Crippen LogP contribution < -0.4 is 10.5 Å². The van der Waals surface area contributed by atoms with E-state index < -0.39 is 18.5 Å². The molecule has 3 aromatic rings. The largest absolute Gasteiger partial charge is 0.369 e. The second-order valence-corrected chi connectivity index (χ2v) is 8.00. The van der Waals surface area contributed by atoms with Gasteiger partial charge in [0.15, 0.2) is 0 Å². The Bertz CT molecular complexity index is 1120. The van der Waals surface area contributed by atoms with Gasteiger partial charge in [0.2, 0.25) is 0 Å². The maximum Gasteiger partial charge on any atom is 0.261 e. The van der Waals surface area contributed by atoms with Gasteiger partial charge >= 0.3 is 0 Å². The van der Waals surface area contributed by atoms with Crippen LogP contribution in [0.3, 0.4) is 0 Å². The zero-order chi connectivity index (χ0) is 20.7. The molecule has 0 amide bonds. The number of anilines is 1. The van der Waals surface area contributed by atoms with Gasteiger partial charge in [-0.05, 0) is 31.0 Å². The standard InChI is InChI=1S/C21H24F2N6O/c22-20(23)13-28-14-24-18-10-16(3-4-17(18)21(28)30)27-8-6-26(7-9-27)12-15-11-25-29-5-1-2-19(15)29/h3-4,10-11,14,20H,1-2,5-9,12-13H2. The molecule has 4 heterocycles. The van der Waals surface area contributed by atoms with Gasteiger partial charge in [0, 0.05) is 56.2 Å². The monoisotopic (exact) mass is 414 g/mol. The van der Waals surface area contributed by atoms with E-state index in [4.69, 9.17) is 0 Å². The number of piperazine rings is 1. The fourth-order valence-corrected chi connectivity index (χ4v) is 4.49. The highest BCUT2D eigenvalue weighted by Gasteiger charge is 2.22. The molecule has 0 unspecified atom stereocenters. The van der Waals surface area contributed by atoms with Gasteiger partial charge in [-0.2, -0.15) is 5.10 Å². The molecule has 2 aliphatic heterocycles. The third kappa shape index (κ3) is 3.58. The summed E-state index contributed by atoms with van der Waals surface area (Å²) in [5.74, 6) is 0. The summed E-state index contributed by atoms with van der Waals surface area (Å²) >= 11 is 0. The van der Waals surface area contributed by atoms with Crippen molar-refractivity contribution in [2.75, 3.05) is 31.1 Å². The maximum absolute atomic E-state index is 12.6. The van der Waals surface area contributed by atoms with Gasteiger partial charge < -0.3 is 4.90 Å². The Hall–Kier alpha value is -2.81. The minimum atomic E-state index is -2.58. The number of hydrogen-bond acceptors (Lipinski definition) is 5. The molecule has 1 aromatic carbocycles. The number of hydrogen-bond donors (Lipinski definition) is 0. The van der Waals surface area contributed by atoms with Crippen molar-refractivity contribution in [1.29, 1.82) is 0 Å². The van der Waals surface area contributed by atoms with E-state index in [0.29, 0.717) is 10.9 Å². The molecule has 0 spiro atoms. The smallest absolute Gasteiger partial charge is 0.261 e. The van der Waals surface area contributed by atoms with Crippen LogP contribution in [-0.4, -0.2) is 56.8 Å². The molecule has 2 aromatic heterocycles. The number of halogens is 2. The number of aromatic nitrogens is 4. The summed E-state index contributed by atoms with van der Waals surface area (Å²) < 4.78 is 28.3. The van der Waals surface area contributed by atoms with Gasteiger partial charge in [-0.1, -0.05) is 0 Å². The fourth-order valence-electron chi connectivity index (χ4n) is 4.49. The summed E-state index contributed by atoms with van der Waals surface area (Å²) in [6.45, 7) is 5.01. The molecule has 0 radical (unpaired) electrons. The van der Waals surface area contributed by atoms with Crippen LogP contribution in [0, 0.1) is 0 Å².